The van der Waals surface area contributed by atoms with Crippen LogP contribution in [0, 0.1) is 13.8 Å². The first-order valence-corrected chi connectivity index (χ1v) is 5.98. The molecule has 17 heavy (non-hydrogen) atoms. The van der Waals surface area contributed by atoms with Crippen molar-refractivity contribution in [1.29, 1.82) is 0 Å². The molecule has 0 radical (unpaired) electrons. The zero-order valence-corrected chi connectivity index (χ0v) is 10.7. The molecule has 0 atom stereocenters. The van der Waals surface area contributed by atoms with Crippen LogP contribution in [-0.4, -0.2) is 15.3 Å². The fourth-order valence-corrected chi connectivity index (χ4v) is 2.42. The first-order chi connectivity index (χ1) is 8.08. The lowest BCUT2D eigenvalue weighted by atomic mass is 10.2. The van der Waals surface area contributed by atoms with Crippen LogP contribution in [0.2, 0.25) is 0 Å². The van der Waals surface area contributed by atoms with E-state index < -0.39 is 0 Å². The average molecular weight is 251 g/mol. The summed E-state index contributed by atoms with van der Waals surface area (Å²) < 4.78 is 9.14. The van der Waals surface area contributed by atoms with Crippen LogP contribution in [0.5, 0.6) is 0 Å². The van der Waals surface area contributed by atoms with Gasteiger partial charge in [-0.2, -0.15) is 4.37 Å². The summed E-state index contributed by atoms with van der Waals surface area (Å²) in [5.74, 6) is 0.796. The molecule has 0 saturated heterocycles. The van der Waals surface area contributed by atoms with Gasteiger partial charge >= 0.3 is 0 Å². The van der Waals surface area contributed by atoms with Gasteiger partial charge in [-0.3, -0.25) is 4.79 Å². The first kappa shape index (κ1) is 11.8. The maximum absolute atomic E-state index is 11.5. The molecule has 0 aromatic carbocycles. The van der Waals surface area contributed by atoms with Crippen molar-refractivity contribution in [2.75, 3.05) is 5.32 Å². The lowest BCUT2D eigenvalue weighted by Crippen LogP contribution is -2.03. The number of rotatable bonds is 4. The Morgan fingerprint density at radius 1 is 1.53 bits per heavy atom. The van der Waals surface area contributed by atoms with Crippen LogP contribution >= 0.6 is 11.5 Å². The topological polar surface area (TPSA) is 68.0 Å². The van der Waals surface area contributed by atoms with Gasteiger partial charge in [0.1, 0.15) is 16.5 Å². The standard InChI is InChI=1S/C11H13N3O2S/c1-6-4-9(13-16-6)5-12-11-10(8(3)15)7(2)14-17-11/h4,12H,5H2,1-3H3. The number of anilines is 1. The fourth-order valence-electron chi connectivity index (χ4n) is 1.58. The lowest BCUT2D eigenvalue weighted by Gasteiger charge is -2.02. The van der Waals surface area contributed by atoms with Crippen LogP contribution in [0.4, 0.5) is 5.00 Å². The van der Waals surface area contributed by atoms with Crippen LogP contribution in [0.15, 0.2) is 10.6 Å². The fraction of sp³-hybridized carbons (Fsp3) is 0.364. The van der Waals surface area contributed by atoms with Crippen molar-refractivity contribution in [3.63, 3.8) is 0 Å². The summed E-state index contributed by atoms with van der Waals surface area (Å²) in [5.41, 5.74) is 2.24. The number of nitrogens with one attached hydrogen (secondary N) is 1. The highest BCUT2D eigenvalue weighted by Crippen LogP contribution is 2.25. The molecule has 0 aliphatic carbocycles. The monoisotopic (exact) mass is 251 g/mol. The normalized spacial score (nSPS) is 10.5. The van der Waals surface area contributed by atoms with E-state index in [4.69, 9.17) is 4.52 Å². The molecule has 0 fully saturated rings. The van der Waals surface area contributed by atoms with E-state index >= 15 is 0 Å². The number of hydrogen-bond donors (Lipinski definition) is 1. The molecule has 2 heterocycles. The number of nitrogens with zero attached hydrogens (tertiary/aromatic N) is 2. The summed E-state index contributed by atoms with van der Waals surface area (Å²) in [6.07, 6.45) is 0. The number of Topliss-reactive ketones (excluding diaryl/α,β-unsaturated/α-hetero) is 1. The van der Waals surface area contributed by atoms with Gasteiger partial charge in [-0.15, -0.1) is 0 Å². The van der Waals surface area contributed by atoms with E-state index in [2.05, 4.69) is 14.8 Å². The number of carbonyl (C=O) groups excluding carboxylic acids is 1. The summed E-state index contributed by atoms with van der Waals surface area (Å²) in [7, 11) is 0. The van der Waals surface area contributed by atoms with Gasteiger partial charge < -0.3 is 9.84 Å². The first-order valence-electron chi connectivity index (χ1n) is 5.21. The van der Waals surface area contributed by atoms with Crippen LogP contribution in [-0.2, 0) is 6.54 Å². The van der Waals surface area contributed by atoms with E-state index in [1.165, 1.54) is 11.5 Å². The number of aryl methyl sites for hydroxylation is 2. The number of ketones is 1. The third-order valence-corrected chi connectivity index (χ3v) is 3.22. The largest absolute Gasteiger partial charge is 0.369 e. The second kappa shape index (κ2) is 4.67. The van der Waals surface area contributed by atoms with Crippen LogP contribution in [0.1, 0.15) is 34.4 Å². The Hall–Kier alpha value is -1.69. The smallest absolute Gasteiger partial charge is 0.164 e. The van der Waals surface area contributed by atoms with Crippen LogP contribution < -0.4 is 5.32 Å². The van der Waals surface area contributed by atoms with Gasteiger partial charge in [0.2, 0.25) is 0 Å². The van der Waals surface area contributed by atoms with Gasteiger partial charge in [0.25, 0.3) is 0 Å². The minimum atomic E-state index is 0.0232. The molecule has 0 unspecified atom stereocenters. The van der Waals surface area contributed by atoms with E-state index in [0.717, 1.165) is 22.1 Å². The third kappa shape index (κ3) is 2.52. The van der Waals surface area contributed by atoms with Gasteiger partial charge in [0.05, 0.1) is 17.8 Å². The molecular formula is C11H13N3O2S. The van der Waals surface area contributed by atoms with Gasteiger partial charge in [-0.25, -0.2) is 0 Å². The lowest BCUT2D eigenvalue weighted by molar-refractivity contribution is 0.101. The van der Waals surface area contributed by atoms with E-state index in [-0.39, 0.29) is 5.78 Å². The molecule has 0 amide bonds. The van der Waals surface area contributed by atoms with Gasteiger partial charge in [0.15, 0.2) is 5.78 Å². The highest BCUT2D eigenvalue weighted by molar-refractivity contribution is 7.10. The molecular weight excluding hydrogens is 238 g/mol. The molecule has 0 saturated carbocycles. The quantitative estimate of drug-likeness (QED) is 0.846. The SMILES string of the molecule is CC(=O)c1c(C)nsc1NCc1cc(C)on1. The highest BCUT2D eigenvalue weighted by Gasteiger charge is 2.14. The summed E-state index contributed by atoms with van der Waals surface area (Å²) in [6, 6.07) is 1.86. The summed E-state index contributed by atoms with van der Waals surface area (Å²) >= 11 is 1.29. The molecule has 0 spiro atoms. The predicted octanol–water partition coefficient (Wildman–Crippen LogP) is 2.56. The second-order valence-electron chi connectivity index (χ2n) is 3.81. The summed E-state index contributed by atoms with van der Waals surface area (Å²) in [4.78, 5) is 11.5. The van der Waals surface area contributed by atoms with E-state index in [0.29, 0.717) is 12.1 Å². The Labute approximate surface area is 103 Å². The van der Waals surface area contributed by atoms with Crippen LogP contribution in [0.25, 0.3) is 0 Å². The average Bonchev–Trinajstić information content (AvgIpc) is 2.82. The molecule has 0 aliphatic rings. The number of hydrogen-bond acceptors (Lipinski definition) is 6. The Morgan fingerprint density at radius 2 is 2.29 bits per heavy atom. The van der Waals surface area contributed by atoms with Crippen molar-refractivity contribution in [2.45, 2.75) is 27.3 Å². The van der Waals surface area contributed by atoms with Crippen molar-refractivity contribution in [1.82, 2.24) is 9.53 Å². The van der Waals surface area contributed by atoms with E-state index in [1.807, 2.05) is 19.9 Å². The maximum atomic E-state index is 11.5. The number of aromatic nitrogens is 2. The molecule has 0 bridgehead atoms. The minimum Gasteiger partial charge on any atom is -0.369 e. The Morgan fingerprint density at radius 3 is 2.88 bits per heavy atom. The Bertz CT molecular complexity index is 545. The summed E-state index contributed by atoms with van der Waals surface area (Å²) in [5, 5.41) is 7.82. The van der Waals surface area contributed by atoms with Gasteiger partial charge in [0, 0.05) is 6.07 Å². The Kier molecular flexibility index (Phi) is 3.23. The van der Waals surface area contributed by atoms with Crippen molar-refractivity contribution < 1.29 is 9.32 Å². The molecule has 2 aromatic rings. The zero-order valence-electron chi connectivity index (χ0n) is 9.90. The van der Waals surface area contributed by atoms with Crippen molar-refractivity contribution in [3.05, 3.63) is 28.8 Å². The van der Waals surface area contributed by atoms with Crippen molar-refractivity contribution in [3.8, 4) is 0 Å². The van der Waals surface area contributed by atoms with Crippen molar-refractivity contribution in [2.24, 2.45) is 0 Å². The van der Waals surface area contributed by atoms with Crippen molar-refractivity contribution >= 4 is 22.3 Å². The molecule has 2 rings (SSSR count). The van der Waals surface area contributed by atoms with Gasteiger partial charge in [-0.05, 0) is 32.3 Å². The van der Waals surface area contributed by atoms with E-state index in [9.17, 15) is 4.79 Å². The highest BCUT2D eigenvalue weighted by atomic mass is 32.1. The zero-order chi connectivity index (χ0) is 12.4. The molecule has 2 aromatic heterocycles. The number of carbonyl (C=O) groups is 1. The molecule has 0 aliphatic heterocycles. The third-order valence-electron chi connectivity index (χ3n) is 2.32. The second-order valence-corrected chi connectivity index (χ2v) is 4.58. The van der Waals surface area contributed by atoms with Gasteiger partial charge in [-0.1, -0.05) is 5.16 Å². The molecule has 5 nitrogen and oxygen atoms in total. The maximum Gasteiger partial charge on any atom is 0.164 e. The molecule has 1 N–H and O–H groups in total. The Balaban J connectivity index is 2.11. The minimum absolute atomic E-state index is 0.0232. The molecule has 90 valence electrons. The summed E-state index contributed by atoms with van der Waals surface area (Å²) in [6.45, 7) is 5.74. The van der Waals surface area contributed by atoms with E-state index in [1.54, 1.807) is 6.92 Å². The predicted molar refractivity (Wildman–Crippen MR) is 65.4 cm³/mol. The molecule has 6 heteroatoms. The van der Waals surface area contributed by atoms with Crippen LogP contribution in [0.3, 0.4) is 0 Å².